The molecule has 0 radical (unpaired) electrons. The minimum atomic E-state index is 0.117. The van der Waals surface area contributed by atoms with Crippen molar-refractivity contribution < 1.29 is 14.3 Å². The summed E-state index contributed by atoms with van der Waals surface area (Å²) in [6.07, 6.45) is 2.20. The zero-order valence-corrected chi connectivity index (χ0v) is 18.8. The van der Waals surface area contributed by atoms with E-state index >= 15 is 0 Å². The number of ether oxygens (including phenoxy) is 2. The lowest BCUT2D eigenvalue weighted by atomic mass is 9.99. The van der Waals surface area contributed by atoms with E-state index in [2.05, 4.69) is 49.4 Å². The second-order valence-corrected chi connectivity index (χ2v) is 8.23. The zero-order valence-electron chi connectivity index (χ0n) is 18.8. The Morgan fingerprint density at radius 1 is 0.875 bits per heavy atom. The first-order valence-electron chi connectivity index (χ1n) is 11.4. The number of fused-ring (bicyclic) bond motifs is 3. The van der Waals surface area contributed by atoms with Crippen LogP contribution in [0.4, 0.5) is 0 Å². The third-order valence-corrected chi connectivity index (χ3v) is 5.83. The van der Waals surface area contributed by atoms with E-state index in [4.69, 9.17) is 9.47 Å². The number of hydrogen-bond acceptors (Lipinski definition) is 3. The number of carbonyl (C=O) groups excluding carboxylic acids is 1. The smallest absolute Gasteiger partial charge is 0.227 e. The summed E-state index contributed by atoms with van der Waals surface area (Å²) >= 11 is 0. The van der Waals surface area contributed by atoms with Gasteiger partial charge in [-0.2, -0.15) is 0 Å². The van der Waals surface area contributed by atoms with Crippen molar-refractivity contribution in [1.82, 2.24) is 4.90 Å². The van der Waals surface area contributed by atoms with E-state index in [1.807, 2.05) is 35.2 Å². The molecule has 4 nitrogen and oxygen atoms in total. The van der Waals surface area contributed by atoms with Crippen LogP contribution in [0, 0.1) is 0 Å². The van der Waals surface area contributed by atoms with Gasteiger partial charge in [0.15, 0.2) is 0 Å². The number of aryl methyl sites for hydroxylation is 1. The highest BCUT2D eigenvalue weighted by Crippen LogP contribution is 2.25. The normalized spacial score (nSPS) is 14.7. The Kier molecular flexibility index (Phi) is 7.57. The maximum atomic E-state index is 13.1. The molecule has 0 N–H and O–H groups in total. The maximum absolute atomic E-state index is 13.1. The van der Waals surface area contributed by atoms with Crippen molar-refractivity contribution in [2.45, 2.75) is 32.7 Å². The van der Waals surface area contributed by atoms with Gasteiger partial charge in [0, 0.05) is 19.5 Å². The first-order valence-corrected chi connectivity index (χ1v) is 11.4. The Morgan fingerprint density at radius 3 is 2.56 bits per heavy atom. The molecule has 0 saturated carbocycles. The lowest BCUT2D eigenvalue weighted by Crippen LogP contribution is -2.35. The Bertz CT molecular complexity index is 1030. The second kappa shape index (κ2) is 11.0. The van der Waals surface area contributed by atoms with E-state index in [1.165, 1.54) is 16.7 Å². The van der Waals surface area contributed by atoms with E-state index in [0.29, 0.717) is 39.3 Å². The topological polar surface area (TPSA) is 38.8 Å². The van der Waals surface area contributed by atoms with E-state index < -0.39 is 0 Å². The molecule has 0 saturated heterocycles. The Labute approximate surface area is 190 Å². The minimum absolute atomic E-state index is 0.117. The molecule has 1 heterocycles. The molecule has 2 bridgehead atoms. The van der Waals surface area contributed by atoms with Gasteiger partial charge in [0.2, 0.25) is 5.91 Å². The fourth-order valence-electron chi connectivity index (χ4n) is 4.07. The largest absolute Gasteiger partial charge is 0.491 e. The predicted molar refractivity (Wildman–Crippen MR) is 127 cm³/mol. The van der Waals surface area contributed by atoms with Gasteiger partial charge >= 0.3 is 0 Å². The van der Waals surface area contributed by atoms with Crippen molar-refractivity contribution >= 4 is 5.91 Å². The van der Waals surface area contributed by atoms with Crippen molar-refractivity contribution in [1.29, 1.82) is 0 Å². The van der Waals surface area contributed by atoms with Crippen molar-refractivity contribution in [3.05, 3.63) is 101 Å². The van der Waals surface area contributed by atoms with Crippen molar-refractivity contribution in [2.75, 3.05) is 26.4 Å². The van der Waals surface area contributed by atoms with Crippen molar-refractivity contribution in [3.8, 4) is 5.75 Å². The molecule has 3 aromatic rings. The molecule has 0 fully saturated rings. The fraction of sp³-hybridized carbons (Fsp3) is 0.321. The first-order chi connectivity index (χ1) is 15.7. The SMILES string of the molecule is CCc1ccc2c(c1)Cc1cccc(c1)CN(C(=O)Cc1ccccc1)CCOCCO2. The Morgan fingerprint density at radius 2 is 1.72 bits per heavy atom. The number of amides is 1. The van der Waals surface area contributed by atoms with E-state index in [9.17, 15) is 4.79 Å². The lowest BCUT2D eigenvalue weighted by molar-refractivity contribution is -0.131. The summed E-state index contributed by atoms with van der Waals surface area (Å²) in [7, 11) is 0. The van der Waals surface area contributed by atoms with Gasteiger partial charge < -0.3 is 14.4 Å². The molecule has 3 aromatic carbocycles. The van der Waals surface area contributed by atoms with E-state index in [-0.39, 0.29) is 5.91 Å². The highest BCUT2D eigenvalue weighted by Gasteiger charge is 2.16. The highest BCUT2D eigenvalue weighted by atomic mass is 16.5. The summed E-state index contributed by atoms with van der Waals surface area (Å²) in [5.41, 5.74) is 5.89. The monoisotopic (exact) mass is 429 g/mol. The fourth-order valence-corrected chi connectivity index (χ4v) is 4.07. The van der Waals surface area contributed by atoms with Gasteiger partial charge in [-0.1, -0.05) is 73.7 Å². The van der Waals surface area contributed by atoms with Crippen LogP contribution in [0.2, 0.25) is 0 Å². The minimum Gasteiger partial charge on any atom is -0.491 e. The van der Waals surface area contributed by atoms with Crippen molar-refractivity contribution in [3.63, 3.8) is 0 Å². The van der Waals surface area contributed by atoms with Crippen LogP contribution in [0.15, 0.2) is 72.8 Å². The molecule has 1 aliphatic rings. The van der Waals surface area contributed by atoms with Crippen molar-refractivity contribution in [2.24, 2.45) is 0 Å². The van der Waals surface area contributed by atoms with Crippen LogP contribution >= 0.6 is 0 Å². The number of hydrogen-bond donors (Lipinski definition) is 0. The predicted octanol–water partition coefficient (Wildman–Crippen LogP) is 4.82. The van der Waals surface area contributed by atoms with Crippen LogP contribution in [-0.2, 0) is 35.3 Å². The summed E-state index contributed by atoms with van der Waals surface area (Å²) in [6.45, 7) is 4.80. The number of rotatable bonds is 3. The molecular formula is C28H31NO3. The van der Waals surface area contributed by atoms with Gasteiger partial charge in [0.05, 0.1) is 19.6 Å². The average molecular weight is 430 g/mol. The summed E-state index contributed by atoms with van der Waals surface area (Å²) in [5.74, 6) is 1.04. The molecule has 1 aliphatic heterocycles. The van der Waals surface area contributed by atoms with Crippen LogP contribution in [0.1, 0.15) is 34.7 Å². The molecular weight excluding hydrogens is 398 g/mol. The van der Waals surface area contributed by atoms with Gasteiger partial charge in [-0.05, 0) is 40.3 Å². The average Bonchev–Trinajstić information content (AvgIpc) is 2.81. The van der Waals surface area contributed by atoms with Gasteiger partial charge in [0.1, 0.15) is 12.4 Å². The molecule has 0 unspecified atom stereocenters. The summed E-state index contributed by atoms with van der Waals surface area (Å²) < 4.78 is 11.9. The van der Waals surface area contributed by atoms with Crippen LogP contribution in [0.5, 0.6) is 5.75 Å². The van der Waals surface area contributed by atoms with E-state index in [0.717, 1.165) is 29.7 Å². The Hall–Kier alpha value is -3.11. The number of benzene rings is 3. The molecule has 166 valence electrons. The molecule has 32 heavy (non-hydrogen) atoms. The van der Waals surface area contributed by atoms with Gasteiger partial charge in [-0.3, -0.25) is 4.79 Å². The molecule has 0 aromatic heterocycles. The molecule has 1 amide bonds. The first kappa shape index (κ1) is 22.1. The zero-order chi connectivity index (χ0) is 22.2. The second-order valence-electron chi connectivity index (χ2n) is 8.23. The molecule has 0 atom stereocenters. The third-order valence-electron chi connectivity index (χ3n) is 5.83. The molecule has 0 aliphatic carbocycles. The van der Waals surface area contributed by atoms with Crippen LogP contribution in [0.3, 0.4) is 0 Å². The molecule has 4 heteroatoms. The van der Waals surface area contributed by atoms with Gasteiger partial charge in [0.25, 0.3) is 0 Å². The Balaban J connectivity index is 1.57. The van der Waals surface area contributed by atoms with Gasteiger partial charge in [-0.25, -0.2) is 0 Å². The standard InChI is InChI=1S/C28H31NO3/c1-2-22-11-12-27-26(18-22)19-24-9-6-10-25(17-24)21-29(13-14-31-15-16-32-27)28(30)20-23-7-4-3-5-8-23/h3-12,17-18H,2,13-16,19-21H2,1H3. The lowest BCUT2D eigenvalue weighted by Gasteiger charge is -2.24. The summed E-state index contributed by atoms with van der Waals surface area (Å²) in [5, 5.41) is 0. The highest BCUT2D eigenvalue weighted by molar-refractivity contribution is 5.78. The molecule has 0 spiro atoms. The quantitative estimate of drug-likeness (QED) is 0.599. The van der Waals surface area contributed by atoms with Gasteiger partial charge in [-0.15, -0.1) is 0 Å². The molecule has 4 rings (SSSR count). The summed E-state index contributed by atoms with van der Waals surface area (Å²) in [4.78, 5) is 15.0. The number of carbonyl (C=O) groups is 1. The third kappa shape index (κ3) is 5.98. The maximum Gasteiger partial charge on any atom is 0.227 e. The van der Waals surface area contributed by atoms with Crippen LogP contribution < -0.4 is 4.74 Å². The van der Waals surface area contributed by atoms with E-state index in [1.54, 1.807) is 0 Å². The summed E-state index contributed by atoms with van der Waals surface area (Å²) in [6, 6.07) is 24.9. The van der Waals surface area contributed by atoms with Crippen LogP contribution in [-0.4, -0.2) is 37.2 Å². The number of nitrogens with zero attached hydrogens (tertiary/aromatic N) is 1. The van der Waals surface area contributed by atoms with Crippen LogP contribution in [0.25, 0.3) is 0 Å².